The molecule has 0 spiro atoms. The van der Waals surface area contributed by atoms with Crippen molar-refractivity contribution >= 4 is 11.0 Å². The van der Waals surface area contributed by atoms with E-state index < -0.39 is 11.7 Å². The van der Waals surface area contributed by atoms with Crippen LogP contribution < -0.4 is 9.47 Å². The lowest BCUT2D eigenvalue weighted by Gasteiger charge is -2.09. The summed E-state index contributed by atoms with van der Waals surface area (Å²) in [4.78, 5) is 8.69. The SMILES string of the molecule is COc1ccc(-c2nc3cc(C(F)(F)F)ccc3n2-c2ccc(OC)nn2)nc1. The van der Waals surface area contributed by atoms with E-state index in [9.17, 15) is 13.2 Å². The highest BCUT2D eigenvalue weighted by Crippen LogP contribution is 2.34. The van der Waals surface area contributed by atoms with E-state index >= 15 is 0 Å². The Morgan fingerprint density at radius 3 is 2.34 bits per heavy atom. The average Bonchev–Trinajstić information content (AvgIpc) is 3.12. The highest BCUT2D eigenvalue weighted by Gasteiger charge is 2.31. The second kappa shape index (κ2) is 7.04. The number of ether oxygens (including phenoxy) is 2. The van der Waals surface area contributed by atoms with Gasteiger partial charge in [0.05, 0.1) is 37.0 Å². The van der Waals surface area contributed by atoms with Crippen molar-refractivity contribution in [3.63, 3.8) is 0 Å². The third-order valence-corrected chi connectivity index (χ3v) is 4.25. The zero-order chi connectivity index (χ0) is 20.6. The number of pyridine rings is 1. The summed E-state index contributed by atoms with van der Waals surface area (Å²) in [5.74, 6) is 1.53. The van der Waals surface area contributed by atoms with E-state index in [1.165, 1.54) is 26.5 Å². The monoisotopic (exact) mass is 401 g/mol. The molecule has 0 bridgehead atoms. The summed E-state index contributed by atoms with van der Waals surface area (Å²) in [6, 6.07) is 9.94. The van der Waals surface area contributed by atoms with Crippen LogP contribution in [0.15, 0.2) is 48.7 Å². The summed E-state index contributed by atoms with van der Waals surface area (Å²) >= 11 is 0. The molecule has 0 amide bonds. The molecule has 0 N–H and O–H groups in total. The number of hydrogen-bond donors (Lipinski definition) is 0. The Labute approximate surface area is 162 Å². The number of hydrogen-bond acceptors (Lipinski definition) is 6. The minimum Gasteiger partial charge on any atom is -0.495 e. The van der Waals surface area contributed by atoms with Gasteiger partial charge in [0.2, 0.25) is 5.88 Å². The number of aromatic nitrogens is 5. The first-order chi connectivity index (χ1) is 13.9. The van der Waals surface area contributed by atoms with Crippen molar-refractivity contribution in [2.24, 2.45) is 0 Å². The van der Waals surface area contributed by atoms with E-state index in [0.29, 0.717) is 34.5 Å². The van der Waals surface area contributed by atoms with Gasteiger partial charge in [-0.1, -0.05) is 0 Å². The van der Waals surface area contributed by atoms with Crippen LogP contribution in [0.1, 0.15) is 5.56 Å². The normalized spacial score (nSPS) is 11.6. The number of benzene rings is 1. The van der Waals surface area contributed by atoms with Crippen LogP contribution in [0.4, 0.5) is 13.2 Å². The predicted octanol–water partition coefficient (Wildman–Crippen LogP) is 3.91. The molecule has 4 aromatic rings. The van der Waals surface area contributed by atoms with E-state index in [4.69, 9.17) is 9.47 Å². The molecule has 0 atom stereocenters. The third-order valence-electron chi connectivity index (χ3n) is 4.25. The first-order valence-corrected chi connectivity index (χ1v) is 8.39. The topological polar surface area (TPSA) is 75.0 Å². The molecule has 4 rings (SSSR count). The average molecular weight is 401 g/mol. The molecule has 10 heteroatoms. The summed E-state index contributed by atoms with van der Waals surface area (Å²) in [6.45, 7) is 0. The summed E-state index contributed by atoms with van der Waals surface area (Å²) in [5.41, 5.74) is 0.244. The van der Waals surface area contributed by atoms with Gasteiger partial charge < -0.3 is 9.47 Å². The Balaban J connectivity index is 1.95. The first-order valence-electron chi connectivity index (χ1n) is 8.39. The molecule has 148 valence electrons. The Hall–Kier alpha value is -3.69. The molecular weight excluding hydrogens is 387 g/mol. The van der Waals surface area contributed by atoms with Gasteiger partial charge in [-0.3, -0.25) is 4.57 Å². The molecule has 0 radical (unpaired) electrons. The number of halogens is 3. The Bertz CT molecular complexity index is 1160. The maximum Gasteiger partial charge on any atom is 0.416 e. The largest absolute Gasteiger partial charge is 0.495 e. The van der Waals surface area contributed by atoms with Crippen LogP contribution in [-0.2, 0) is 6.18 Å². The van der Waals surface area contributed by atoms with Gasteiger partial charge in [-0.25, -0.2) is 9.97 Å². The van der Waals surface area contributed by atoms with Gasteiger partial charge >= 0.3 is 6.18 Å². The molecule has 0 fully saturated rings. The van der Waals surface area contributed by atoms with Gasteiger partial charge in [0.25, 0.3) is 0 Å². The van der Waals surface area contributed by atoms with Crippen LogP contribution in [0.3, 0.4) is 0 Å². The number of alkyl halides is 3. The van der Waals surface area contributed by atoms with E-state index in [0.717, 1.165) is 12.1 Å². The second-order valence-electron chi connectivity index (χ2n) is 5.99. The molecule has 0 unspecified atom stereocenters. The molecular formula is C19H14F3N5O2. The van der Waals surface area contributed by atoms with Crippen LogP contribution in [0.2, 0.25) is 0 Å². The highest BCUT2D eigenvalue weighted by atomic mass is 19.4. The molecule has 7 nitrogen and oxygen atoms in total. The molecule has 0 saturated heterocycles. The van der Waals surface area contributed by atoms with Crippen molar-refractivity contribution in [2.45, 2.75) is 6.18 Å². The summed E-state index contributed by atoms with van der Waals surface area (Å²) in [5, 5.41) is 8.04. The van der Waals surface area contributed by atoms with Gasteiger partial charge in [0.15, 0.2) is 11.6 Å². The predicted molar refractivity (Wildman–Crippen MR) is 98.0 cm³/mol. The zero-order valence-corrected chi connectivity index (χ0v) is 15.3. The van der Waals surface area contributed by atoms with Crippen molar-refractivity contribution in [3.05, 3.63) is 54.2 Å². The smallest absolute Gasteiger partial charge is 0.416 e. The van der Waals surface area contributed by atoms with Crippen LogP contribution >= 0.6 is 0 Å². The molecule has 0 aliphatic heterocycles. The third kappa shape index (κ3) is 3.44. The number of imidazole rings is 1. The maximum atomic E-state index is 13.1. The standard InChI is InChI=1S/C19H14F3N5O2/c1-28-12-4-5-13(23-10-12)18-24-14-9-11(19(20,21)22)3-6-15(14)27(18)16-7-8-17(29-2)26-25-16/h3-10H,1-2H3. The number of nitrogens with zero attached hydrogens (tertiary/aromatic N) is 5. The van der Waals surface area contributed by atoms with Crippen LogP contribution in [0.5, 0.6) is 11.6 Å². The fourth-order valence-electron chi connectivity index (χ4n) is 2.83. The van der Waals surface area contributed by atoms with Crippen molar-refractivity contribution in [1.29, 1.82) is 0 Å². The Morgan fingerprint density at radius 2 is 1.76 bits per heavy atom. The van der Waals surface area contributed by atoms with E-state index in [1.807, 2.05) is 0 Å². The van der Waals surface area contributed by atoms with Crippen LogP contribution in [0, 0.1) is 0 Å². The zero-order valence-electron chi connectivity index (χ0n) is 15.3. The highest BCUT2D eigenvalue weighted by molar-refractivity contribution is 5.83. The van der Waals surface area contributed by atoms with Gasteiger partial charge in [-0.15, -0.1) is 10.2 Å². The van der Waals surface area contributed by atoms with Crippen LogP contribution in [0.25, 0.3) is 28.4 Å². The van der Waals surface area contributed by atoms with Crippen molar-refractivity contribution in [1.82, 2.24) is 24.7 Å². The summed E-state index contributed by atoms with van der Waals surface area (Å²) < 4.78 is 51.1. The summed E-state index contributed by atoms with van der Waals surface area (Å²) in [6.07, 6.45) is -2.98. The molecule has 29 heavy (non-hydrogen) atoms. The first kappa shape index (κ1) is 18.7. The Kier molecular flexibility index (Phi) is 4.53. The van der Waals surface area contributed by atoms with Crippen molar-refractivity contribution < 1.29 is 22.6 Å². The fraction of sp³-hybridized carbons (Fsp3) is 0.158. The Morgan fingerprint density at radius 1 is 0.931 bits per heavy atom. The number of fused-ring (bicyclic) bond motifs is 1. The van der Waals surface area contributed by atoms with Gasteiger partial charge in [0.1, 0.15) is 11.4 Å². The molecule has 3 aromatic heterocycles. The van der Waals surface area contributed by atoms with Crippen molar-refractivity contribution in [3.8, 4) is 29.0 Å². The number of methoxy groups -OCH3 is 2. The van der Waals surface area contributed by atoms with E-state index in [2.05, 4.69) is 20.2 Å². The minimum atomic E-state index is -4.48. The molecule has 0 saturated carbocycles. The maximum absolute atomic E-state index is 13.1. The minimum absolute atomic E-state index is 0.157. The van der Waals surface area contributed by atoms with Crippen molar-refractivity contribution in [2.75, 3.05) is 14.2 Å². The van der Waals surface area contributed by atoms with Gasteiger partial charge in [0, 0.05) is 6.07 Å². The van der Waals surface area contributed by atoms with Gasteiger partial charge in [-0.05, 0) is 36.4 Å². The lowest BCUT2D eigenvalue weighted by molar-refractivity contribution is -0.137. The fourth-order valence-corrected chi connectivity index (χ4v) is 2.83. The van der Waals surface area contributed by atoms with E-state index in [1.54, 1.807) is 28.8 Å². The van der Waals surface area contributed by atoms with E-state index in [-0.39, 0.29) is 5.52 Å². The molecule has 0 aliphatic rings. The lowest BCUT2D eigenvalue weighted by Crippen LogP contribution is -2.05. The van der Waals surface area contributed by atoms with Gasteiger partial charge in [-0.2, -0.15) is 13.2 Å². The summed E-state index contributed by atoms with van der Waals surface area (Å²) in [7, 11) is 2.97. The van der Waals surface area contributed by atoms with Crippen LogP contribution in [-0.4, -0.2) is 39.0 Å². The quantitative estimate of drug-likeness (QED) is 0.516. The second-order valence-corrected chi connectivity index (χ2v) is 5.99. The molecule has 3 heterocycles. The molecule has 1 aromatic carbocycles. The lowest BCUT2D eigenvalue weighted by atomic mass is 10.2. The number of rotatable bonds is 4. The molecule has 0 aliphatic carbocycles.